The van der Waals surface area contributed by atoms with Gasteiger partial charge in [0.05, 0.1) is 0 Å². The fourth-order valence-electron chi connectivity index (χ4n) is 2.25. The number of ether oxygens (including phenoxy) is 1. The van der Waals surface area contributed by atoms with Crippen molar-refractivity contribution >= 4 is 6.09 Å². The van der Waals surface area contributed by atoms with E-state index in [9.17, 15) is 14.9 Å². The normalized spacial score (nSPS) is 25.1. The van der Waals surface area contributed by atoms with Crippen LogP contribution >= 0.6 is 0 Å². The van der Waals surface area contributed by atoms with E-state index in [4.69, 9.17) is 4.74 Å². The van der Waals surface area contributed by atoms with Crippen LogP contribution in [0.25, 0.3) is 0 Å². The highest BCUT2D eigenvalue weighted by atomic mass is 16.6. The van der Waals surface area contributed by atoms with E-state index in [1.165, 1.54) is 7.05 Å². The molecule has 1 rings (SSSR count). The first-order valence-electron chi connectivity index (χ1n) is 5.90. The van der Waals surface area contributed by atoms with E-state index in [0.29, 0.717) is 6.42 Å². The zero-order valence-corrected chi connectivity index (χ0v) is 10.6. The molecule has 0 spiro atoms. The van der Waals surface area contributed by atoms with Crippen molar-refractivity contribution in [2.75, 3.05) is 7.05 Å². The largest absolute Gasteiger partial charge is 0.446 e. The average molecular weight is 244 g/mol. The highest BCUT2D eigenvalue weighted by Gasteiger charge is 2.43. The van der Waals surface area contributed by atoms with Gasteiger partial charge in [-0.15, -0.1) is 0 Å². The zero-order valence-electron chi connectivity index (χ0n) is 10.6. The Morgan fingerprint density at radius 2 is 2.12 bits per heavy atom. The summed E-state index contributed by atoms with van der Waals surface area (Å²) in [5, 5.41) is 13.4. The van der Waals surface area contributed by atoms with Crippen molar-refractivity contribution in [1.29, 1.82) is 0 Å². The smallest absolute Gasteiger partial charge is 0.407 e. The zero-order chi connectivity index (χ0) is 13.1. The molecule has 1 N–H and O–H groups in total. The molecule has 0 saturated heterocycles. The van der Waals surface area contributed by atoms with Gasteiger partial charge in [0.25, 0.3) is 0 Å². The monoisotopic (exact) mass is 244 g/mol. The number of carbonyl (C=O) groups excluding carboxylic acids is 1. The third-order valence-electron chi connectivity index (χ3n) is 3.57. The molecular weight excluding hydrogens is 224 g/mol. The van der Waals surface area contributed by atoms with E-state index >= 15 is 0 Å². The predicted octanol–water partition coefficient (Wildman–Crippen LogP) is 1.96. The van der Waals surface area contributed by atoms with Gasteiger partial charge in [-0.1, -0.05) is 0 Å². The fraction of sp³-hybridized carbons (Fsp3) is 0.909. The number of hydrogen-bond acceptors (Lipinski definition) is 4. The molecule has 0 aromatic carbocycles. The molecule has 0 heterocycles. The lowest BCUT2D eigenvalue weighted by Gasteiger charge is -2.33. The standard InChI is InChI=1S/C11H20N2O4/c1-11(2,13(15)16)8-5-4-6-9(7-8)17-10(14)12-3/h8-9H,4-7H2,1-3H3,(H,12,14)/t8-,9+/m0/s1. The van der Waals surface area contributed by atoms with Crippen LogP contribution in [0.4, 0.5) is 4.79 Å². The van der Waals surface area contributed by atoms with Crippen molar-refractivity contribution in [3.05, 3.63) is 10.1 Å². The molecule has 1 saturated carbocycles. The molecular formula is C11H20N2O4. The second-order valence-electron chi connectivity index (χ2n) is 5.05. The second-order valence-corrected chi connectivity index (χ2v) is 5.05. The van der Waals surface area contributed by atoms with Crippen LogP contribution in [-0.4, -0.2) is 29.7 Å². The van der Waals surface area contributed by atoms with Crippen LogP contribution in [0.5, 0.6) is 0 Å². The molecule has 0 unspecified atom stereocenters. The molecule has 1 amide bonds. The Labute approximate surface area is 101 Å². The average Bonchev–Trinajstić information content (AvgIpc) is 2.29. The number of alkyl carbamates (subject to hydrolysis) is 1. The van der Waals surface area contributed by atoms with Crippen LogP contribution in [0.2, 0.25) is 0 Å². The first-order valence-corrected chi connectivity index (χ1v) is 5.90. The van der Waals surface area contributed by atoms with Gasteiger partial charge in [-0.2, -0.15) is 0 Å². The van der Waals surface area contributed by atoms with E-state index in [2.05, 4.69) is 5.32 Å². The number of rotatable bonds is 3. The molecule has 6 heteroatoms. The quantitative estimate of drug-likeness (QED) is 0.607. The summed E-state index contributed by atoms with van der Waals surface area (Å²) in [6.07, 6.45) is 2.38. The highest BCUT2D eigenvalue weighted by molar-refractivity contribution is 5.66. The number of nitro groups is 1. The fourth-order valence-corrected chi connectivity index (χ4v) is 2.25. The summed E-state index contributed by atoms with van der Waals surface area (Å²) in [5.74, 6) is -0.0408. The van der Waals surface area contributed by atoms with Gasteiger partial charge in [-0.25, -0.2) is 4.79 Å². The van der Waals surface area contributed by atoms with Gasteiger partial charge >= 0.3 is 6.09 Å². The lowest BCUT2D eigenvalue weighted by molar-refractivity contribution is -0.572. The van der Waals surface area contributed by atoms with E-state index in [0.717, 1.165) is 19.3 Å². The molecule has 0 bridgehead atoms. The van der Waals surface area contributed by atoms with Crippen molar-refractivity contribution in [2.24, 2.45) is 5.92 Å². The molecule has 6 nitrogen and oxygen atoms in total. The summed E-state index contributed by atoms with van der Waals surface area (Å²) < 4.78 is 5.17. The van der Waals surface area contributed by atoms with Crippen molar-refractivity contribution in [3.8, 4) is 0 Å². The molecule has 0 aromatic rings. The SMILES string of the molecule is CNC(=O)O[C@@H]1CCC[C@H](C(C)(C)[N+](=O)[O-])C1. The van der Waals surface area contributed by atoms with Gasteiger partial charge in [0.1, 0.15) is 6.10 Å². The molecule has 0 aromatic heterocycles. The van der Waals surface area contributed by atoms with Crippen molar-refractivity contribution in [2.45, 2.75) is 51.2 Å². The minimum Gasteiger partial charge on any atom is -0.446 e. The van der Waals surface area contributed by atoms with Crippen LogP contribution in [0.15, 0.2) is 0 Å². The predicted molar refractivity (Wildman–Crippen MR) is 62.4 cm³/mol. The topological polar surface area (TPSA) is 81.5 Å². The van der Waals surface area contributed by atoms with Crippen molar-refractivity contribution in [3.63, 3.8) is 0 Å². The Bertz CT molecular complexity index is 304. The third-order valence-corrected chi connectivity index (χ3v) is 3.57. The maximum absolute atomic E-state index is 11.1. The van der Waals surface area contributed by atoms with Gasteiger partial charge < -0.3 is 10.1 Å². The first-order chi connectivity index (χ1) is 7.87. The summed E-state index contributed by atoms with van der Waals surface area (Å²) >= 11 is 0. The minimum atomic E-state index is -0.954. The summed E-state index contributed by atoms with van der Waals surface area (Å²) in [6.45, 7) is 3.28. The first kappa shape index (κ1) is 13.7. The third kappa shape index (κ3) is 3.31. The minimum absolute atomic E-state index is 0.0408. The van der Waals surface area contributed by atoms with Gasteiger partial charge in [0, 0.05) is 31.7 Å². The van der Waals surface area contributed by atoms with Crippen LogP contribution in [0.1, 0.15) is 39.5 Å². The van der Waals surface area contributed by atoms with Gasteiger partial charge in [-0.3, -0.25) is 10.1 Å². The number of nitrogens with one attached hydrogen (secondary N) is 1. The van der Waals surface area contributed by atoms with Crippen LogP contribution in [-0.2, 0) is 4.74 Å². The number of carbonyl (C=O) groups is 1. The number of amides is 1. The Morgan fingerprint density at radius 3 is 2.65 bits per heavy atom. The molecule has 17 heavy (non-hydrogen) atoms. The maximum atomic E-state index is 11.1. The van der Waals surface area contributed by atoms with Crippen molar-refractivity contribution < 1.29 is 14.5 Å². The van der Waals surface area contributed by atoms with E-state index in [1.807, 2.05) is 0 Å². The maximum Gasteiger partial charge on any atom is 0.407 e. The molecule has 98 valence electrons. The lowest BCUT2D eigenvalue weighted by Crippen LogP contribution is -2.44. The van der Waals surface area contributed by atoms with Gasteiger partial charge in [0.2, 0.25) is 5.54 Å². The van der Waals surface area contributed by atoms with Crippen LogP contribution in [0, 0.1) is 16.0 Å². The summed E-state index contributed by atoms with van der Waals surface area (Å²) in [5.41, 5.74) is -0.954. The summed E-state index contributed by atoms with van der Waals surface area (Å²) in [6, 6.07) is 0. The van der Waals surface area contributed by atoms with Gasteiger partial charge in [0.15, 0.2) is 0 Å². The Kier molecular flexibility index (Phi) is 4.31. The highest BCUT2D eigenvalue weighted by Crippen LogP contribution is 2.35. The number of hydrogen-bond donors (Lipinski definition) is 1. The van der Waals surface area contributed by atoms with Crippen molar-refractivity contribution in [1.82, 2.24) is 5.32 Å². The molecule has 0 aliphatic heterocycles. The van der Waals surface area contributed by atoms with E-state index < -0.39 is 11.6 Å². The lowest BCUT2D eigenvalue weighted by atomic mass is 9.76. The molecule has 1 aliphatic carbocycles. The van der Waals surface area contributed by atoms with E-state index in [-0.39, 0.29) is 16.9 Å². The van der Waals surface area contributed by atoms with Crippen LogP contribution in [0.3, 0.4) is 0 Å². The number of nitrogens with zero attached hydrogens (tertiary/aromatic N) is 1. The molecule has 1 fully saturated rings. The van der Waals surface area contributed by atoms with E-state index in [1.54, 1.807) is 13.8 Å². The molecule has 2 atom stereocenters. The Hall–Kier alpha value is -1.33. The summed E-state index contributed by atoms with van der Waals surface area (Å²) in [7, 11) is 1.50. The molecule has 1 aliphatic rings. The second kappa shape index (κ2) is 5.33. The summed E-state index contributed by atoms with van der Waals surface area (Å²) in [4.78, 5) is 21.9. The van der Waals surface area contributed by atoms with Gasteiger partial charge in [-0.05, 0) is 25.7 Å². The van der Waals surface area contributed by atoms with Crippen LogP contribution < -0.4 is 5.32 Å². The Balaban J connectivity index is 2.60. The molecule has 0 radical (unpaired) electrons. The Morgan fingerprint density at radius 1 is 1.47 bits per heavy atom.